The average Bonchev–Trinajstić information content (AvgIpc) is 3.43. The van der Waals surface area contributed by atoms with Crippen LogP contribution in [0.4, 0.5) is 5.69 Å². The molecule has 0 aliphatic carbocycles. The Morgan fingerprint density at radius 1 is 1.05 bits per heavy atom. The summed E-state index contributed by atoms with van der Waals surface area (Å²) in [6.45, 7) is 3.11. The lowest BCUT2D eigenvalue weighted by Crippen LogP contribution is -2.54. The number of nitrogens with one attached hydrogen (secondary N) is 2. The molecule has 0 bridgehead atoms. The quantitative estimate of drug-likeness (QED) is 0.0588. The highest BCUT2D eigenvalue weighted by molar-refractivity contribution is 6.01. The molecule has 3 N–H and O–H groups in total. The molecule has 0 unspecified atom stereocenters. The summed E-state index contributed by atoms with van der Waals surface area (Å²) < 4.78 is 12.2. The predicted octanol–water partition coefficient (Wildman–Crippen LogP) is 6.12. The van der Waals surface area contributed by atoms with Crippen LogP contribution in [-0.2, 0) is 22.5 Å². The summed E-state index contributed by atoms with van der Waals surface area (Å²) >= 11 is 0. The molecule has 0 aromatic heterocycles. The third-order valence-corrected chi connectivity index (χ3v) is 7.14. The maximum Gasteiger partial charge on any atom is 0.266 e. The van der Waals surface area contributed by atoms with Gasteiger partial charge in [-0.1, -0.05) is 72.1 Å². The number of carbonyl (C=O) groups is 1. The number of unbranched alkanes of at least 4 members (excludes halogenated alkanes) is 1. The molecule has 0 saturated heterocycles. The van der Waals surface area contributed by atoms with E-state index in [-0.39, 0.29) is 25.5 Å². The molecule has 0 radical (unpaired) electrons. The fraction of sp³-hybridized carbons (Fsp3) is 0.355. The number of rotatable bonds is 16. The molecule has 0 saturated carbocycles. The zero-order valence-corrected chi connectivity index (χ0v) is 24.5. The van der Waals surface area contributed by atoms with Crippen molar-refractivity contribution in [2.75, 3.05) is 19.8 Å². The number of hydrogen-bond donors (Lipinski definition) is 3. The van der Waals surface area contributed by atoms with Gasteiger partial charge >= 0.3 is 0 Å². The van der Waals surface area contributed by atoms with Gasteiger partial charge in [0.15, 0.2) is 11.6 Å². The molecule has 4 rings (SSSR count). The highest BCUT2D eigenvalue weighted by atomic mass is 16.5. The monoisotopic (exact) mass is 597 g/mol. The number of amides is 1. The van der Waals surface area contributed by atoms with Gasteiger partial charge in [0.25, 0.3) is 5.91 Å². The number of hydrogen-bond acceptors (Lipinski definition) is 8. The number of aliphatic hydroxyl groups excluding tert-OH is 1. The SMILES string of the molecule is CCCCNNC(=O)[C@@]1(Cc2ccccc2CN=[N+]=[N-])N=C(c2ccc(OCCCO)cc2)O[C@H]1c1ccccc1N=[N+]=[N-]. The van der Waals surface area contributed by atoms with E-state index in [0.29, 0.717) is 42.1 Å². The lowest BCUT2D eigenvalue weighted by atomic mass is 9.80. The first-order valence-corrected chi connectivity index (χ1v) is 14.4. The summed E-state index contributed by atoms with van der Waals surface area (Å²) in [6, 6.07) is 21.4. The normalized spacial score (nSPS) is 17.0. The van der Waals surface area contributed by atoms with Crippen LogP contribution >= 0.6 is 0 Å². The molecule has 3 aromatic carbocycles. The van der Waals surface area contributed by atoms with E-state index in [9.17, 15) is 10.3 Å². The maximum atomic E-state index is 14.3. The van der Waals surface area contributed by atoms with Gasteiger partial charge in [0.2, 0.25) is 5.90 Å². The van der Waals surface area contributed by atoms with Gasteiger partial charge in [-0.2, -0.15) is 0 Å². The second-order valence-corrected chi connectivity index (χ2v) is 10.1. The number of azide groups is 2. The van der Waals surface area contributed by atoms with Crippen molar-refractivity contribution in [3.63, 3.8) is 0 Å². The van der Waals surface area contributed by atoms with E-state index in [1.165, 1.54) is 0 Å². The molecule has 1 heterocycles. The van der Waals surface area contributed by atoms with Crippen molar-refractivity contribution in [1.29, 1.82) is 0 Å². The van der Waals surface area contributed by atoms with E-state index < -0.39 is 17.6 Å². The number of ether oxygens (including phenoxy) is 2. The molecular weight excluding hydrogens is 562 g/mol. The van der Waals surface area contributed by atoms with Crippen LogP contribution in [0, 0.1) is 0 Å². The summed E-state index contributed by atoms with van der Waals surface area (Å²) in [4.78, 5) is 25.2. The average molecular weight is 598 g/mol. The van der Waals surface area contributed by atoms with E-state index in [1.54, 1.807) is 48.5 Å². The molecule has 2 atom stereocenters. The number of aliphatic imine (C=N–C) groups is 1. The number of benzene rings is 3. The fourth-order valence-electron chi connectivity index (χ4n) is 4.91. The Morgan fingerprint density at radius 3 is 2.52 bits per heavy atom. The Labute approximate surface area is 255 Å². The largest absolute Gasteiger partial charge is 0.494 e. The Balaban J connectivity index is 1.85. The van der Waals surface area contributed by atoms with Gasteiger partial charge in [-0.25, -0.2) is 10.4 Å². The van der Waals surface area contributed by atoms with Gasteiger partial charge in [0.05, 0.1) is 13.2 Å². The Kier molecular flexibility index (Phi) is 11.6. The summed E-state index contributed by atoms with van der Waals surface area (Å²) in [7, 11) is 0. The van der Waals surface area contributed by atoms with Gasteiger partial charge in [-0.05, 0) is 52.9 Å². The highest BCUT2D eigenvalue weighted by Gasteiger charge is 2.54. The number of carbonyl (C=O) groups excluding carboxylic acids is 1. The summed E-state index contributed by atoms with van der Waals surface area (Å²) in [5.74, 6) is 0.401. The van der Waals surface area contributed by atoms with Gasteiger partial charge in [0.1, 0.15) is 5.75 Å². The predicted molar refractivity (Wildman–Crippen MR) is 166 cm³/mol. The van der Waals surface area contributed by atoms with Gasteiger partial charge < -0.3 is 14.6 Å². The molecule has 1 amide bonds. The van der Waals surface area contributed by atoms with Crippen molar-refractivity contribution in [2.24, 2.45) is 15.2 Å². The lowest BCUT2D eigenvalue weighted by molar-refractivity contribution is -0.130. The third kappa shape index (κ3) is 7.66. The molecule has 0 fully saturated rings. The van der Waals surface area contributed by atoms with Gasteiger partial charge in [-0.15, -0.1) is 0 Å². The molecular formula is C31H35N9O4. The van der Waals surface area contributed by atoms with E-state index in [2.05, 4.69) is 37.8 Å². The molecule has 44 heavy (non-hydrogen) atoms. The van der Waals surface area contributed by atoms with E-state index in [1.807, 2.05) is 24.3 Å². The molecule has 0 spiro atoms. The molecule has 1 aliphatic rings. The van der Waals surface area contributed by atoms with Crippen LogP contribution in [0.1, 0.15) is 54.5 Å². The molecule has 3 aromatic rings. The van der Waals surface area contributed by atoms with Crippen LogP contribution in [0.25, 0.3) is 20.9 Å². The highest BCUT2D eigenvalue weighted by Crippen LogP contribution is 2.45. The molecule has 13 heteroatoms. The van der Waals surface area contributed by atoms with Crippen molar-refractivity contribution in [3.05, 3.63) is 116 Å². The smallest absolute Gasteiger partial charge is 0.266 e. The number of hydrazine groups is 1. The minimum absolute atomic E-state index is 0.0326. The van der Waals surface area contributed by atoms with E-state index in [4.69, 9.17) is 25.1 Å². The summed E-state index contributed by atoms with van der Waals surface area (Å²) in [5, 5.41) is 16.7. The van der Waals surface area contributed by atoms with Crippen molar-refractivity contribution >= 4 is 17.5 Å². The molecule has 1 aliphatic heterocycles. The van der Waals surface area contributed by atoms with Gasteiger partial charge in [-0.3, -0.25) is 10.2 Å². The molecule has 13 nitrogen and oxygen atoms in total. The summed E-state index contributed by atoms with van der Waals surface area (Å²) in [5.41, 5.74) is 25.5. The minimum atomic E-state index is -1.56. The van der Waals surface area contributed by atoms with Crippen molar-refractivity contribution in [3.8, 4) is 5.75 Å². The second kappa shape index (κ2) is 16.0. The Hall–Kier alpha value is -5.06. The Morgan fingerprint density at radius 2 is 1.80 bits per heavy atom. The standard InChI is InChI=1S/C31H35N9O4/c1-2-3-17-34-38-30(42)31(20-23-9-4-5-10-24(23)21-35-39-32)28(26-11-6-7-12-27(26)37-40-33)44-29(36-31)22-13-15-25(16-14-22)43-19-8-18-41/h4-7,9-16,28,34,41H,2-3,8,17-21H2,1H3,(H,38,42)/t28-,31-/m0/s1. The Bertz CT molecular complexity index is 1550. The number of aliphatic hydroxyl groups is 1. The van der Waals surface area contributed by atoms with Gasteiger partial charge in [0, 0.05) is 52.6 Å². The van der Waals surface area contributed by atoms with Crippen molar-refractivity contribution in [1.82, 2.24) is 10.9 Å². The third-order valence-electron chi connectivity index (χ3n) is 7.14. The first kappa shape index (κ1) is 31.9. The molecule has 228 valence electrons. The minimum Gasteiger partial charge on any atom is -0.494 e. The van der Waals surface area contributed by atoms with E-state index in [0.717, 1.165) is 24.0 Å². The topological polar surface area (TPSA) is 190 Å². The zero-order valence-electron chi connectivity index (χ0n) is 24.5. The first-order chi connectivity index (χ1) is 21.6. The van der Waals surface area contributed by atoms with Crippen LogP contribution in [0.3, 0.4) is 0 Å². The fourth-order valence-corrected chi connectivity index (χ4v) is 4.91. The second-order valence-electron chi connectivity index (χ2n) is 10.1. The summed E-state index contributed by atoms with van der Waals surface area (Å²) in [6.07, 6.45) is 1.40. The van der Waals surface area contributed by atoms with Crippen molar-refractivity contribution in [2.45, 2.75) is 50.8 Å². The first-order valence-electron chi connectivity index (χ1n) is 14.4. The van der Waals surface area contributed by atoms with E-state index >= 15 is 0 Å². The van der Waals surface area contributed by atoms with Crippen molar-refractivity contribution < 1.29 is 19.4 Å². The maximum absolute atomic E-state index is 14.3. The van der Waals surface area contributed by atoms with Crippen LogP contribution in [0.5, 0.6) is 5.75 Å². The van der Waals surface area contributed by atoms with Crippen LogP contribution in [0.2, 0.25) is 0 Å². The lowest BCUT2D eigenvalue weighted by Gasteiger charge is -2.32. The van der Waals surface area contributed by atoms with Crippen LogP contribution in [-0.4, -0.2) is 42.2 Å². The zero-order chi connectivity index (χ0) is 31.2. The van der Waals surface area contributed by atoms with Crippen LogP contribution < -0.4 is 15.6 Å². The van der Waals surface area contributed by atoms with Crippen LogP contribution in [0.15, 0.2) is 88.0 Å². The number of nitrogens with zero attached hydrogens (tertiary/aromatic N) is 7.